The van der Waals surface area contributed by atoms with E-state index in [0.717, 1.165) is 5.56 Å². The molecule has 0 aliphatic rings. The van der Waals surface area contributed by atoms with E-state index in [0.29, 0.717) is 6.42 Å². The van der Waals surface area contributed by atoms with E-state index in [9.17, 15) is 9.59 Å². The van der Waals surface area contributed by atoms with E-state index in [4.69, 9.17) is 0 Å². The van der Waals surface area contributed by atoms with Gasteiger partial charge in [-0.25, -0.2) is 4.79 Å². The van der Waals surface area contributed by atoms with Gasteiger partial charge >= 0.3 is 11.9 Å². The Morgan fingerprint density at radius 2 is 2.06 bits per heavy atom. The molecule has 0 N–H and O–H groups in total. The van der Waals surface area contributed by atoms with Crippen molar-refractivity contribution in [2.45, 2.75) is 19.8 Å². The van der Waals surface area contributed by atoms with Crippen molar-refractivity contribution in [3.63, 3.8) is 0 Å². The van der Waals surface area contributed by atoms with Crippen LogP contribution in [0.25, 0.3) is 6.08 Å². The Hall–Kier alpha value is -1.90. The maximum Gasteiger partial charge on any atom is 0.338 e. The maximum atomic E-state index is 11.2. The van der Waals surface area contributed by atoms with Crippen LogP contribution in [-0.2, 0) is 14.3 Å². The first-order valence-electron chi connectivity index (χ1n) is 5.11. The SMILES string of the molecule is CCCC(=O)OC(=O)C=Cc1cc[c]cc1. The number of rotatable bonds is 4. The van der Waals surface area contributed by atoms with Crippen molar-refractivity contribution < 1.29 is 14.3 Å². The summed E-state index contributed by atoms with van der Waals surface area (Å²) in [4.78, 5) is 22.1. The minimum atomic E-state index is -0.633. The lowest BCUT2D eigenvalue weighted by Crippen LogP contribution is -2.09. The Morgan fingerprint density at radius 3 is 2.69 bits per heavy atom. The van der Waals surface area contributed by atoms with E-state index >= 15 is 0 Å². The summed E-state index contributed by atoms with van der Waals surface area (Å²) >= 11 is 0. The minimum absolute atomic E-state index is 0.264. The average molecular weight is 217 g/mol. The smallest absolute Gasteiger partial charge is 0.338 e. The Labute approximate surface area is 94.7 Å². The Morgan fingerprint density at radius 1 is 1.38 bits per heavy atom. The summed E-state index contributed by atoms with van der Waals surface area (Å²) in [7, 11) is 0. The van der Waals surface area contributed by atoms with E-state index in [-0.39, 0.29) is 6.42 Å². The van der Waals surface area contributed by atoms with Crippen LogP contribution in [0.3, 0.4) is 0 Å². The lowest BCUT2D eigenvalue weighted by molar-refractivity contribution is -0.156. The topological polar surface area (TPSA) is 43.4 Å². The Bertz CT molecular complexity index is 379. The summed E-state index contributed by atoms with van der Waals surface area (Å²) in [5, 5.41) is 0. The molecule has 0 fully saturated rings. The number of hydrogen-bond acceptors (Lipinski definition) is 3. The molecule has 3 heteroatoms. The van der Waals surface area contributed by atoms with Gasteiger partial charge in [-0.2, -0.15) is 0 Å². The van der Waals surface area contributed by atoms with Gasteiger partial charge in [-0.15, -0.1) is 0 Å². The van der Waals surface area contributed by atoms with Gasteiger partial charge in [0.15, 0.2) is 0 Å². The number of hydrogen-bond donors (Lipinski definition) is 0. The number of ether oxygens (including phenoxy) is 1. The lowest BCUT2D eigenvalue weighted by atomic mass is 10.2. The molecule has 0 saturated heterocycles. The second-order valence-electron chi connectivity index (χ2n) is 3.21. The van der Waals surface area contributed by atoms with Gasteiger partial charge in [0.25, 0.3) is 0 Å². The van der Waals surface area contributed by atoms with E-state index in [1.54, 1.807) is 30.3 Å². The van der Waals surface area contributed by atoms with Crippen LogP contribution in [0.4, 0.5) is 0 Å². The van der Waals surface area contributed by atoms with Crippen LogP contribution in [0.1, 0.15) is 25.3 Å². The summed E-state index contributed by atoms with van der Waals surface area (Å²) in [5.41, 5.74) is 0.860. The summed E-state index contributed by atoms with van der Waals surface area (Å²) in [6.07, 6.45) is 3.77. The molecular weight excluding hydrogens is 204 g/mol. The first kappa shape index (κ1) is 12.2. The fraction of sp³-hybridized carbons (Fsp3) is 0.231. The van der Waals surface area contributed by atoms with Gasteiger partial charge in [0.05, 0.1) is 0 Å². The van der Waals surface area contributed by atoms with Crippen molar-refractivity contribution >= 4 is 18.0 Å². The summed E-state index contributed by atoms with van der Waals surface area (Å²) in [5.74, 6) is -1.12. The highest BCUT2D eigenvalue weighted by atomic mass is 16.6. The van der Waals surface area contributed by atoms with Crippen molar-refractivity contribution in [2.24, 2.45) is 0 Å². The molecule has 0 bridgehead atoms. The van der Waals surface area contributed by atoms with Crippen LogP contribution < -0.4 is 0 Å². The standard InChI is InChI=1S/C13H13O3/c1-2-6-12(14)16-13(15)10-9-11-7-4-3-5-8-11/h4-5,7-10H,2,6H2,1H3. The normalized spacial score (nSPS) is 10.3. The van der Waals surface area contributed by atoms with Gasteiger partial charge in [0.1, 0.15) is 0 Å². The second-order valence-corrected chi connectivity index (χ2v) is 3.21. The Kier molecular flexibility index (Phi) is 4.99. The average Bonchev–Trinajstić information content (AvgIpc) is 2.28. The molecule has 1 rings (SSSR count). The van der Waals surface area contributed by atoms with Crippen molar-refractivity contribution in [3.05, 3.63) is 42.0 Å². The fourth-order valence-corrected chi connectivity index (χ4v) is 1.08. The molecular formula is C13H13O3. The highest BCUT2D eigenvalue weighted by Gasteiger charge is 2.05. The van der Waals surface area contributed by atoms with E-state index in [1.165, 1.54) is 6.08 Å². The molecule has 0 unspecified atom stereocenters. The lowest BCUT2D eigenvalue weighted by Gasteiger charge is -1.97. The predicted molar refractivity (Wildman–Crippen MR) is 60.3 cm³/mol. The molecule has 83 valence electrons. The van der Waals surface area contributed by atoms with Crippen LogP contribution >= 0.6 is 0 Å². The van der Waals surface area contributed by atoms with Crippen molar-refractivity contribution in [1.29, 1.82) is 0 Å². The molecule has 3 nitrogen and oxygen atoms in total. The van der Waals surface area contributed by atoms with Crippen molar-refractivity contribution in [3.8, 4) is 0 Å². The number of esters is 2. The van der Waals surface area contributed by atoms with E-state index < -0.39 is 11.9 Å². The van der Waals surface area contributed by atoms with E-state index in [1.807, 2.05) is 6.92 Å². The van der Waals surface area contributed by atoms with E-state index in [2.05, 4.69) is 10.8 Å². The first-order chi connectivity index (χ1) is 7.72. The minimum Gasteiger partial charge on any atom is -0.390 e. The molecule has 1 aromatic rings. The zero-order valence-electron chi connectivity index (χ0n) is 9.10. The van der Waals surface area contributed by atoms with Gasteiger partial charge in [-0.1, -0.05) is 31.2 Å². The zero-order valence-corrected chi connectivity index (χ0v) is 9.10. The van der Waals surface area contributed by atoms with Crippen molar-refractivity contribution in [2.75, 3.05) is 0 Å². The van der Waals surface area contributed by atoms with Gasteiger partial charge in [-0.3, -0.25) is 4.79 Å². The van der Waals surface area contributed by atoms with Crippen LogP contribution in [0, 0.1) is 6.07 Å². The maximum absolute atomic E-state index is 11.2. The Balaban J connectivity index is 2.46. The van der Waals surface area contributed by atoms with Crippen molar-refractivity contribution in [1.82, 2.24) is 0 Å². The first-order valence-corrected chi connectivity index (χ1v) is 5.11. The largest absolute Gasteiger partial charge is 0.390 e. The molecule has 0 atom stereocenters. The molecule has 0 aromatic heterocycles. The molecule has 0 aliphatic heterocycles. The molecule has 0 aliphatic carbocycles. The second kappa shape index (κ2) is 6.56. The predicted octanol–water partition coefficient (Wildman–Crippen LogP) is 2.37. The van der Waals surface area contributed by atoms with Crippen LogP contribution in [0.2, 0.25) is 0 Å². The highest BCUT2D eigenvalue weighted by molar-refractivity contribution is 5.94. The molecule has 1 aromatic carbocycles. The van der Waals surface area contributed by atoms with Gasteiger partial charge in [0.2, 0.25) is 0 Å². The third kappa shape index (κ3) is 4.55. The fourth-order valence-electron chi connectivity index (χ4n) is 1.08. The van der Waals surface area contributed by atoms with Gasteiger partial charge in [0, 0.05) is 12.5 Å². The summed E-state index contributed by atoms with van der Waals surface area (Å²) in [6.45, 7) is 1.85. The summed E-state index contributed by atoms with van der Waals surface area (Å²) < 4.78 is 4.54. The van der Waals surface area contributed by atoms with Crippen LogP contribution in [0.15, 0.2) is 30.3 Å². The van der Waals surface area contributed by atoms with Crippen LogP contribution in [-0.4, -0.2) is 11.9 Å². The molecule has 16 heavy (non-hydrogen) atoms. The van der Waals surface area contributed by atoms with Crippen LogP contribution in [0.5, 0.6) is 0 Å². The number of benzene rings is 1. The zero-order chi connectivity index (χ0) is 11.8. The summed E-state index contributed by atoms with van der Waals surface area (Å²) in [6, 6.07) is 9.96. The molecule has 0 spiro atoms. The number of carbonyl (C=O) groups is 2. The number of carbonyl (C=O) groups excluding carboxylic acids is 2. The molecule has 0 heterocycles. The van der Waals surface area contributed by atoms with Gasteiger partial charge in [-0.05, 0) is 24.1 Å². The molecule has 0 amide bonds. The monoisotopic (exact) mass is 217 g/mol. The highest BCUT2D eigenvalue weighted by Crippen LogP contribution is 2.01. The molecule has 0 saturated carbocycles. The molecule has 1 radical (unpaired) electrons. The third-order valence-electron chi connectivity index (χ3n) is 1.82. The quantitative estimate of drug-likeness (QED) is 0.442. The third-order valence-corrected chi connectivity index (χ3v) is 1.82. The van der Waals surface area contributed by atoms with Gasteiger partial charge < -0.3 is 4.74 Å².